The molecule has 2 N–H and O–H groups in total. The van der Waals surface area contributed by atoms with Crippen LogP contribution in [0.4, 0.5) is 10.5 Å². The highest BCUT2D eigenvalue weighted by Gasteiger charge is 2.29. The van der Waals surface area contributed by atoms with E-state index >= 15 is 0 Å². The van der Waals surface area contributed by atoms with Gasteiger partial charge in [0.2, 0.25) is 0 Å². The smallest absolute Gasteiger partial charge is 0.315 e. The van der Waals surface area contributed by atoms with E-state index in [0.717, 1.165) is 62.7 Å². The lowest BCUT2D eigenvalue weighted by molar-refractivity contribution is 0.224. The van der Waals surface area contributed by atoms with Gasteiger partial charge in [-0.25, -0.2) is 9.48 Å². The zero-order chi connectivity index (χ0) is 31.0. The number of aromatic nitrogens is 3. The molecule has 6 rings (SSSR count). The van der Waals surface area contributed by atoms with Crippen LogP contribution in [-0.2, 0) is 19.4 Å². The van der Waals surface area contributed by atoms with Crippen LogP contribution in [0.25, 0.3) is 0 Å². The van der Waals surface area contributed by atoms with Crippen molar-refractivity contribution in [1.82, 2.24) is 30.5 Å². The molecule has 0 unspecified atom stereocenters. The van der Waals surface area contributed by atoms with Crippen LogP contribution in [0.3, 0.4) is 0 Å². The van der Waals surface area contributed by atoms with Crippen molar-refractivity contribution in [2.75, 3.05) is 31.1 Å². The molecule has 3 aromatic carbocycles. The quantitative estimate of drug-likeness (QED) is 0.208. The normalized spacial score (nSPS) is 17.2. The van der Waals surface area contributed by atoms with Crippen molar-refractivity contribution in [2.24, 2.45) is 0 Å². The van der Waals surface area contributed by atoms with Gasteiger partial charge in [-0.1, -0.05) is 96.4 Å². The molecule has 2 fully saturated rings. The van der Waals surface area contributed by atoms with Gasteiger partial charge in [0, 0.05) is 49.5 Å². The summed E-state index contributed by atoms with van der Waals surface area (Å²) in [5.41, 5.74) is 5.77. The minimum Gasteiger partial charge on any atom is -0.369 e. The third-order valence-corrected chi connectivity index (χ3v) is 9.46. The molecule has 8 nitrogen and oxygen atoms in total. The minimum atomic E-state index is -0.187. The van der Waals surface area contributed by atoms with Crippen molar-refractivity contribution in [2.45, 2.75) is 70.1 Å². The fourth-order valence-electron chi connectivity index (χ4n) is 6.74. The Hall–Kier alpha value is -3.88. The summed E-state index contributed by atoms with van der Waals surface area (Å²) in [6.07, 6.45) is 7.93. The van der Waals surface area contributed by atoms with Crippen LogP contribution in [0.2, 0.25) is 5.02 Å². The largest absolute Gasteiger partial charge is 0.369 e. The molecule has 2 aliphatic rings. The van der Waals surface area contributed by atoms with E-state index in [-0.39, 0.29) is 24.2 Å². The summed E-state index contributed by atoms with van der Waals surface area (Å²) in [6, 6.07) is 26.8. The molecule has 1 saturated heterocycles. The number of piperazine rings is 1. The summed E-state index contributed by atoms with van der Waals surface area (Å²) in [6.45, 7) is 6.62. The predicted molar refractivity (Wildman–Crippen MR) is 181 cm³/mol. The minimum absolute atomic E-state index is 0.103. The molecule has 236 valence electrons. The van der Waals surface area contributed by atoms with Gasteiger partial charge in [0.05, 0.1) is 24.0 Å². The van der Waals surface area contributed by atoms with Crippen molar-refractivity contribution >= 4 is 23.3 Å². The lowest BCUT2D eigenvalue weighted by Gasteiger charge is -2.36. The van der Waals surface area contributed by atoms with E-state index in [1.165, 1.54) is 35.2 Å². The van der Waals surface area contributed by atoms with Gasteiger partial charge in [0.1, 0.15) is 0 Å². The van der Waals surface area contributed by atoms with Crippen LogP contribution < -0.4 is 15.5 Å². The van der Waals surface area contributed by atoms with E-state index in [9.17, 15) is 4.79 Å². The molecule has 4 aromatic rings. The average molecular weight is 626 g/mol. The zero-order valence-electron chi connectivity index (χ0n) is 26.1. The van der Waals surface area contributed by atoms with E-state index in [1.807, 2.05) is 22.9 Å². The Kier molecular flexibility index (Phi) is 10.3. The Labute approximate surface area is 271 Å². The monoisotopic (exact) mass is 625 g/mol. The number of aryl methyl sites for hydroxylation is 1. The Morgan fingerprint density at radius 3 is 2.27 bits per heavy atom. The van der Waals surface area contributed by atoms with Crippen molar-refractivity contribution in [3.05, 3.63) is 112 Å². The van der Waals surface area contributed by atoms with Gasteiger partial charge in [-0.2, -0.15) is 0 Å². The Balaban J connectivity index is 1.19. The van der Waals surface area contributed by atoms with E-state index < -0.39 is 0 Å². The molecule has 2 amide bonds. The van der Waals surface area contributed by atoms with Crippen molar-refractivity contribution in [1.29, 1.82) is 0 Å². The molecule has 1 saturated carbocycles. The van der Waals surface area contributed by atoms with Gasteiger partial charge in [0.15, 0.2) is 0 Å². The number of nitrogens with one attached hydrogen (secondary N) is 2. The number of rotatable bonds is 11. The number of carbonyl (C=O) groups excluding carboxylic acids is 1. The number of hydrogen-bond acceptors (Lipinski definition) is 5. The van der Waals surface area contributed by atoms with Crippen molar-refractivity contribution in [3.8, 4) is 0 Å². The highest BCUT2D eigenvalue weighted by molar-refractivity contribution is 6.30. The molecular formula is C36H44ClN7O. The first-order valence-electron chi connectivity index (χ1n) is 16.3. The second kappa shape index (κ2) is 14.9. The molecule has 0 radical (unpaired) electrons. The number of benzene rings is 3. The Bertz CT molecular complexity index is 1510. The van der Waals surface area contributed by atoms with Crippen LogP contribution in [0.1, 0.15) is 54.1 Å². The second-order valence-electron chi connectivity index (χ2n) is 12.5. The van der Waals surface area contributed by atoms with Crippen LogP contribution in [0.15, 0.2) is 85.1 Å². The van der Waals surface area contributed by atoms with Crippen LogP contribution in [-0.4, -0.2) is 64.2 Å². The maximum absolute atomic E-state index is 13.3. The standard InChI is InChI=1S/C36H44ClN7O/c1-27-16-17-30(37)24-34(27)43-20-18-42(19-21-43)25-32-26-44(41-40-32)35(23-29-12-6-3-7-13-29)33(22-28-10-4-2-5-11-28)39-36(45)38-31-14-8-9-15-31/h2-7,10-13,16-17,24,26,31,33,35H,8-9,14-15,18-23,25H2,1H3,(H2,38,39,45)/t33-,35-/m0/s1. The summed E-state index contributed by atoms with van der Waals surface area (Å²) < 4.78 is 1.98. The summed E-state index contributed by atoms with van der Waals surface area (Å²) >= 11 is 6.30. The second-order valence-corrected chi connectivity index (χ2v) is 13.0. The Morgan fingerprint density at radius 1 is 0.911 bits per heavy atom. The number of nitrogens with zero attached hydrogens (tertiary/aromatic N) is 5. The third-order valence-electron chi connectivity index (χ3n) is 9.22. The number of halogens is 1. The fourth-order valence-corrected chi connectivity index (χ4v) is 6.91. The molecule has 0 spiro atoms. The molecular weight excluding hydrogens is 582 g/mol. The summed E-state index contributed by atoms with van der Waals surface area (Å²) in [5.74, 6) is 0. The van der Waals surface area contributed by atoms with Gasteiger partial charge < -0.3 is 15.5 Å². The van der Waals surface area contributed by atoms with Gasteiger partial charge >= 0.3 is 6.03 Å². The maximum Gasteiger partial charge on any atom is 0.315 e. The van der Waals surface area contributed by atoms with Gasteiger partial charge in [-0.05, 0) is 61.4 Å². The van der Waals surface area contributed by atoms with E-state index in [0.29, 0.717) is 6.42 Å². The molecule has 1 aliphatic carbocycles. The van der Waals surface area contributed by atoms with E-state index in [2.05, 4.69) is 105 Å². The summed E-state index contributed by atoms with van der Waals surface area (Å²) in [7, 11) is 0. The number of hydrogen-bond donors (Lipinski definition) is 2. The van der Waals surface area contributed by atoms with Gasteiger partial charge in [-0.15, -0.1) is 5.10 Å². The van der Waals surface area contributed by atoms with Gasteiger partial charge in [0.25, 0.3) is 0 Å². The predicted octanol–water partition coefficient (Wildman–Crippen LogP) is 6.20. The topological polar surface area (TPSA) is 78.3 Å². The highest BCUT2D eigenvalue weighted by Crippen LogP contribution is 2.26. The first kappa shape index (κ1) is 31.1. The number of amides is 2. The van der Waals surface area contributed by atoms with Gasteiger partial charge in [-0.3, -0.25) is 4.90 Å². The molecule has 2 heterocycles. The molecule has 9 heteroatoms. The number of urea groups is 1. The maximum atomic E-state index is 13.3. The number of anilines is 1. The van der Waals surface area contributed by atoms with E-state index in [4.69, 9.17) is 11.6 Å². The van der Waals surface area contributed by atoms with Crippen LogP contribution in [0.5, 0.6) is 0 Å². The third kappa shape index (κ3) is 8.44. The molecule has 1 aliphatic heterocycles. The zero-order valence-corrected chi connectivity index (χ0v) is 26.9. The van der Waals surface area contributed by atoms with Crippen molar-refractivity contribution in [3.63, 3.8) is 0 Å². The summed E-state index contributed by atoms with van der Waals surface area (Å²) in [5, 5.41) is 16.7. The average Bonchev–Trinajstić information content (AvgIpc) is 3.75. The molecule has 2 atom stereocenters. The van der Waals surface area contributed by atoms with E-state index in [1.54, 1.807) is 0 Å². The van der Waals surface area contributed by atoms with Crippen LogP contribution in [0, 0.1) is 6.92 Å². The van der Waals surface area contributed by atoms with Crippen molar-refractivity contribution < 1.29 is 4.79 Å². The molecule has 1 aromatic heterocycles. The highest BCUT2D eigenvalue weighted by atomic mass is 35.5. The lowest BCUT2D eigenvalue weighted by Crippen LogP contribution is -2.50. The molecule has 0 bridgehead atoms. The Morgan fingerprint density at radius 2 is 1.58 bits per heavy atom. The first-order chi connectivity index (χ1) is 22.0. The lowest BCUT2D eigenvalue weighted by atomic mass is 9.94. The number of carbonyl (C=O) groups is 1. The van der Waals surface area contributed by atoms with Crippen LogP contribution >= 0.6 is 11.6 Å². The fraction of sp³-hybridized carbons (Fsp3) is 0.417. The summed E-state index contributed by atoms with van der Waals surface area (Å²) in [4.78, 5) is 18.2. The molecule has 45 heavy (non-hydrogen) atoms. The SMILES string of the molecule is Cc1ccc(Cl)cc1N1CCN(Cc2cn([C@@H](Cc3ccccc3)[C@H](Cc3ccccc3)NC(=O)NC3CCCC3)nn2)CC1. The first-order valence-corrected chi connectivity index (χ1v) is 16.7.